The number of carboxylic acid groups (broad SMARTS) is 1. The molecule has 3 nitrogen and oxygen atoms in total. The third-order valence-corrected chi connectivity index (χ3v) is 3.63. The standard InChI is InChI=1S/C17H19NO2/c1-17(16(19)20,14-9-5-3-6-10-14)13-18(2)15-11-7-4-8-12-15/h3-12H,13H2,1-2H3,(H,19,20). The number of carboxylic acids is 1. The molecule has 0 saturated carbocycles. The lowest BCUT2D eigenvalue weighted by atomic mass is 9.82. The summed E-state index contributed by atoms with van der Waals surface area (Å²) in [7, 11) is 1.92. The number of likely N-dealkylation sites (N-methyl/N-ethyl adjacent to an activating group) is 1. The van der Waals surface area contributed by atoms with E-state index in [1.165, 1.54) is 0 Å². The minimum absolute atomic E-state index is 0.413. The van der Waals surface area contributed by atoms with Crippen molar-refractivity contribution in [3.8, 4) is 0 Å². The first kappa shape index (κ1) is 14.1. The predicted octanol–water partition coefficient (Wildman–Crippen LogP) is 3.17. The lowest BCUT2D eigenvalue weighted by Gasteiger charge is -2.31. The zero-order chi connectivity index (χ0) is 14.6. The number of nitrogens with zero attached hydrogens (tertiary/aromatic N) is 1. The fraction of sp³-hybridized carbons (Fsp3) is 0.235. The van der Waals surface area contributed by atoms with Crippen LogP contribution < -0.4 is 4.90 Å². The van der Waals surface area contributed by atoms with E-state index in [2.05, 4.69) is 0 Å². The number of hydrogen-bond acceptors (Lipinski definition) is 2. The molecule has 0 amide bonds. The van der Waals surface area contributed by atoms with Crippen LogP contribution in [0, 0.1) is 0 Å². The van der Waals surface area contributed by atoms with Crippen LogP contribution in [0.2, 0.25) is 0 Å². The Morgan fingerprint density at radius 1 is 1.05 bits per heavy atom. The quantitative estimate of drug-likeness (QED) is 0.906. The summed E-state index contributed by atoms with van der Waals surface area (Å²) in [4.78, 5) is 13.7. The van der Waals surface area contributed by atoms with E-state index < -0.39 is 11.4 Å². The molecule has 0 radical (unpaired) electrons. The van der Waals surface area contributed by atoms with Crippen molar-refractivity contribution in [3.05, 3.63) is 66.2 Å². The van der Waals surface area contributed by atoms with Crippen molar-refractivity contribution in [2.45, 2.75) is 12.3 Å². The van der Waals surface area contributed by atoms with Crippen molar-refractivity contribution in [1.82, 2.24) is 0 Å². The molecule has 1 N–H and O–H groups in total. The van der Waals surface area contributed by atoms with Crippen molar-refractivity contribution < 1.29 is 9.90 Å². The molecule has 2 aromatic carbocycles. The van der Waals surface area contributed by atoms with Crippen molar-refractivity contribution in [1.29, 1.82) is 0 Å². The zero-order valence-electron chi connectivity index (χ0n) is 11.8. The van der Waals surface area contributed by atoms with Gasteiger partial charge in [-0.2, -0.15) is 0 Å². The highest BCUT2D eigenvalue weighted by Gasteiger charge is 2.36. The SMILES string of the molecule is CN(CC(C)(C(=O)O)c1ccccc1)c1ccccc1. The topological polar surface area (TPSA) is 40.5 Å². The van der Waals surface area contributed by atoms with Gasteiger partial charge in [-0.25, -0.2) is 0 Å². The first-order valence-corrected chi connectivity index (χ1v) is 6.59. The van der Waals surface area contributed by atoms with E-state index >= 15 is 0 Å². The van der Waals surface area contributed by atoms with Gasteiger partial charge >= 0.3 is 5.97 Å². The summed E-state index contributed by atoms with van der Waals surface area (Å²) in [6.07, 6.45) is 0. The van der Waals surface area contributed by atoms with Crippen molar-refractivity contribution in [2.24, 2.45) is 0 Å². The maximum atomic E-state index is 11.8. The fourth-order valence-electron chi connectivity index (χ4n) is 2.34. The molecule has 104 valence electrons. The number of hydrogen-bond donors (Lipinski definition) is 1. The molecule has 0 aromatic heterocycles. The van der Waals surface area contributed by atoms with Crippen LogP contribution in [0.5, 0.6) is 0 Å². The fourth-order valence-corrected chi connectivity index (χ4v) is 2.34. The summed E-state index contributed by atoms with van der Waals surface area (Å²) in [5.74, 6) is -0.813. The number of aliphatic carboxylic acids is 1. The Labute approximate surface area is 119 Å². The van der Waals surface area contributed by atoms with E-state index in [0.717, 1.165) is 11.3 Å². The molecule has 0 aliphatic rings. The van der Waals surface area contributed by atoms with Gasteiger partial charge in [-0.05, 0) is 24.6 Å². The van der Waals surface area contributed by atoms with Gasteiger partial charge in [0.05, 0.1) is 0 Å². The van der Waals surface area contributed by atoms with Gasteiger partial charge in [0.25, 0.3) is 0 Å². The highest BCUT2D eigenvalue weighted by molar-refractivity contribution is 5.82. The number of rotatable bonds is 5. The van der Waals surface area contributed by atoms with Gasteiger partial charge in [0.1, 0.15) is 5.41 Å². The molecule has 0 heterocycles. The van der Waals surface area contributed by atoms with E-state index in [1.54, 1.807) is 6.92 Å². The maximum absolute atomic E-state index is 11.8. The molecule has 2 aromatic rings. The van der Waals surface area contributed by atoms with Crippen LogP contribution in [-0.2, 0) is 10.2 Å². The van der Waals surface area contributed by atoms with Gasteiger partial charge in [0.15, 0.2) is 0 Å². The third-order valence-electron chi connectivity index (χ3n) is 3.63. The zero-order valence-corrected chi connectivity index (χ0v) is 11.8. The molecule has 0 aliphatic heterocycles. The predicted molar refractivity (Wildman–Crippen MR) is 81.1 cm³/mol. The second-order valence-electron chi connectivity index (χ2n) is 5.19. The molecule has 1 atom stereocenters. The molecule has 0 saturated heterocycles. The molecule has 20 heavy (non-hydrogen) atoms. The van der Waals surface area contributed by atoms with Crippen LogP contribution in [-0.4, -0.2) is 24.7 Å². The van der Waals surface area contributed by atoms with Gasteiger partial charge < -0.3 is 10.0 Å². The number of para-hydroxylation sites is 1. The Morgan fingerprint density at radius 2 is 1.55 bits per heavy atom. The molecule has 2 rings (SSSR count). The van der Waals surface area contributed by atoms with Crippen LogP contribution in [0.1, 0.15) is 12.5 Å². The van der Waals surface area contributed by atoms with E-state index in [-0.39, 0.29) is 0 Å². The maximum Gasteiger partial charge on any atom is 0.315 e. The molecular weight excluding hydrogens is 250 g/mol. The van der Waals surface area contributed by atoms with Gasteiger partial charge in [0.2, 0.25) is 0 Å². The molecule has 3 heteroatoms. The summed E-state index contributed by atoms with van der Waals surface area (Å²) in [5.41, 5.74) is 0.887. The molecular formula is C17H19NO2. The molecule has 0 aliphatic carbocycles. The highest BCUT2D eigenvalue weighted by Crippen LogP contribution is 2.27. The number of carbonyl (C=O) groups is 1. The van der Waals surface area contributed by atoms with E-state index in [9.17, 15) is 9.90 Å². The molecule has 0 spiro atoms. The lowest BCUT2D eigenvalue weighted by Crippen LogP contribution is -2.43. The smallest absolute Gasteiger partial charge is 0.315 e. The second kappa shape index (κ2) is 5.78. The highest BCUT2D eigenvalue weighted by atomic mass is 16.4. The first-order valence-electron chi connectivity index (χ1n) is 6.59. The van der Waals surface area contributed by atoms with Gasteiger partial charge in [-0.1, -0.05) is 48.5 Å². The van der Waals surface area contributed by atoms with E-state index in [1.807, 2.05) is 72.6 Å². The Morgan fingerprint density at radius 3 is 2.05 bits per heavy atom. The summed E-state index contributed by atoms with van der Waals surface area (Å²) >= 11 is 0. The average molecular weight is 269 g/mol. The summed E-state index contributed by atoms with van der Waals surface area (Å²) in [5, 5.41) is 9.66. The van der Waals surface area contributed by atoms with Crippen LogP contribution in [0.3, 0.4) is 0 Å². The van der Waals surface area contributed by atoms with Crippen LogP contribution in [0.15, 0.2) is 60.7 Å². The van der Waals surface area contributed by atoms with Crippen molar-refractivity contribution in [3.63, 3.8) is 0 Å². The third kappa shape index (κ3) is 2.82. The molecule has 0 bridgehead atoms. The van der Waals surface area contributed by atoms with Crippen molar-refractivity contribution in [2.75, 3.05) is 18.5 Å². The summed E-state index contributed by atoms with van der Waals surface area (Å²) in [6.45, 7) is 2.18. The minimum atomic E-state index is -0.939. The van der Waals surface area contributed by atoms with Gasteiger partial charge in [-0.15, -0.1) is 0 Å². The van der Waals surface area contributed by atoms with E-state index in [4.69, 9.17) is 0 Å². The van der Waals surface area contributed by atoms with E-state index in [0.29, 0.717) is 6.54 Å². The second-order valence-corrected chi connectivity index (χ2v) is 5.19. The largest absolute Gasteiger partial charge is 0.481 e. The Kier molecular flexibility index (Phi) is 4.08. The normalized spacial score (nSPS) is 13.5. The number of anilines is 1. The van der Waals surface area contributed by atoms with Crippen LogP contribution in [0.25, 0.3) is 0 Å². The van der Waals surface area contributed by atoms with Crippen LogP contribution in [0.4, 0.5) is 5.69 Å². The van der Waals surface area contributed by atoms with Gasteiger partial charge in [-0.3, -0.25) is 4.79 Å². The monoisotopic (exact) mass is 269 g/mol. The average Bonchev–Trinajstić information content (AvgIpc) is 2.48. The lowest BCUT2D eigenvalue weighted by molar-refractivity contribution is -0.142. The minimum Gasteiger partial charge on any atom is -0.481 e. The number of benzene rings is 2. The first-order chi connectivity index (χ1) is 9.54. The summed E-state index contributed by atoms with van der Waals surface area (Å²) < 4.78 is 0. The molecule has 0 fully saturated rings. The summed E-state index contributed by atoms with van der Waals surface area (Å²) in [6, 6.07) is 19.2. The Hall–Kier alpha value is -2.29. The Bertz CT molecular complexity index is 568. The Balaban J connectivity index is 2.29. The molecule has 1 unspecified atom stereocenters. The van der Waals surface area contributed by atoms with Gasteiger partial charge in [0, 0.05) is 19.3 Å². The van der Waals surface area contributed by atoms with Crippen molar-refractivity contribution >= 4 is 11.7 Å². The van der Waals surface area contributed by atoms with Crippen LogP contribution >= 0.6 is 0 Å².